The van der Waals surface area contributed by atoms with Crippen molar-refractivity contribution in [2.24, 2.45) is 5.92 Å². The lowest BCUT2D eigenvalue weighted by Crippen LogP contribution is -2.58. The van der Waals surface area contributed by atoms with Crippen molar-refractivity contribution in [3.8, 4) is 0 Å². The van der Waals surface area contributed by atoms with Crippen molar-refractivity contribution in [3.63, 3.8) is 0 Å². The Labute approximate surface area is 96.4 Å². The summed E-state index contributed by atoms with van der Waals surface area (Å²) in [6.45, 7) is 15.5. The van der Waals surface area contributed by atoms with E-state index in [1.165, 1.54) is 39.0 Å². The van der Waals surface area contributed by atoms with Gasteiger partial charge in [-0.15, -0.1) is 0 Å². The van der Waals surface area contributed by atoms with Crippen molar-refractivity contribution in [3.05, 3.63) is 0 Å². The summed E-state index contributed by atoms with van der Waals surface area (Å²) in [5, 5.41) is 3.33. The summed E-state index contributed by atoms with van der Waals surface area (Å²) in [5.41, 5.74) is 0. The summed E-state index contributed by atoms with van der Waals surface area (Å²) in [6, 6.07) is 0.877. The lowest BCUT2D eigenvalue weighted by molar-refractivity contribution is 0.103. The zero-order valence-electron chi connectivity index (χ0n) is 11.3. The Morgan fingerprint density at radius 1 is 0.933 bits per heavy atom. The quantitative estimate of drug-likeness (QED) is 0.722. The van der Waals surface area contributed by atoms with Crippen LogP contribution in [0.4, 0.5) is 0 Å². The van der Waals surface area contributed by atoms with Gasteiger partial charge in [0.1, 0.15) is 0 Å². The van der Waals surface area contributed by atoms with E-state index in [0.717, 1.165) is 12.0 Å². The van der Waals surface area contributed by atoms with Crippen molar-refractivity contribution in [1.29, 1.82) is 0 Å². The van der Waals surface area contributed by atoms with Gasteiger partial charge in [0.05, 0.1) is 0 Å². The molecule has 2 rings (SSSR count). The average Bonchev–Trinajstić information content (AvgIpc) is 2.25. The van der Waals surface area contributed by atoms with Crippen LogP contribution < -0.4 is 5.32 Å². The van der Waals surface area contributed by atoms with Crippen LogP contribution >= 0.6 is 0 Å². The highest BCUT2D eigenvalue weighted by Crippen LogP contribution is 2.18. The molecule has 2 aliphatic heterocycles. The van der Waals surface area contributed by atoms with Gasteiger partial charge < -0.3 is 5.32 Å². The van der Waals surface area contributed by atoms with Gasteiger partial charge in [-0.05, 0) is 31.8 Å². The van der Waals surface area contributed by atoms with Crippen LogP contribution in [-0.2, 0) is 0 Å². The molecule has 0 saturated carbocycles. The minimum absolute atomic E-state index is 0.877. The summed E-state index contributed by atoms with van der Waals surface area (Å²) in [7, 11) is 0. The van der Waals surface area contributed by atoms with Crippen LogP contribution in [0.1, 0.15) is 47.5 Å². The molecule has 0 aliphatic carbocycles. The summed E-state index contributed by atoms with van der Waals surface area (Å²) >= 11 is 0. The van der Waals surface area contributed by atoms with E-state index in [0.29, 0.717) is 0 Å². The zero-order chi connectivity index (χ0) is 11.7. The van der Waals surface area contributed by atoms with Crippen molar-refractivity contribution < 1.29 is 0 Å². The normalized spacial score (nSPS) is 23.0. The third-order valence-corrected chi connectivity index (χ3v) is 3.09. The minimum Gasteiger partial charge on any atom is -0.314 e. The molecule has 2 heteroatoms. The molecule has 92 valence electrons. The Bertz CT molecular complexity index is 124. The second-order valence-electron chi connectivity index (χ2n) is 4.03. The molecule has 2 saturated heterocycles. The van der Waals surface area contributed by atoms with E-state index < -0.39 is 0 Å². The molecule has 0 aromatic rings. The highest BCUT2D eigenvalue weighted by Gasteiger charge is 2.26. The molecule has 0 amide bonds. The van der Waals surface area contributed by atoms with Crippen LogP contribution in [0.25, 0.3) is 0 Å². The fourth-order valence-corrected chi connectivity index (χ4v) is 1.93. The molecule has 2 heterocycles. The van der Waals surface area contributed by atoms with E-state index in [1.807, 2.05) is 27.7 Å². The lowest BCUT2D eigenvalue weighted by atomic mass is 9.97. The Morgan fingerprint density at radius 2 is 1.40 bits per heavy atom. The first-order valence-electron chi connectivity index (χ1n) is 6.81. The first-order chi connectivity index (χ1) is 7.36. The van der Waals surface area contributed by atoms with Crippen LogP contribution in [0.15, 0.2) is 0 Å². The third-order valence-electron chi connectivity index (χ3n) is 3.09. The summed E-state index contributed by atoms with van der Waals surface area (Å²) in [4.78, 5) is 2.65. The number of likely N-dealkylation sites (tertiary alicyclic amines) is 1. The lowest BCUT2D eigenvalue weighted by Gasteiger charge is -2.41. The van der Waals surface area contributed by atoms with Crippen molar-refractivity contribution in [2.75, 3.05) is 26.2 Å². The monoisotopic (exact) mass is 214 g/mol. The molecule has 1 N–H and O–H groups in total. The number of hydrogen-bond donors (Lipinski definition) is 1. The Hall–Kier alpha value is -0.0800. The Balaban J connectivity index is 0.000000442. The maximum atomic E-state index is 3.33. The molecule has 0 unspecified atom stereocenters. The number of nitrogens with zero attached hydrogens (tertiary/aromatic N) is 1. The summed E-state index contributed by atoms with van der Waals surface area (Å²) in [6.07, 6.45) is 2.83. The number of hydrogen-bond acceptors (Lipinski definition) is 2. The van der Waals surface area contributed by atoms with Gasteiger partial charge in [-0.1, -0.05) is 34.6 Å². The Kier molecular flexibility index (Phi) is 9.12. The van der Waals surface area contributed by atoms with Crippen LogP contribution in [0.2, 0.25) is 0 Å². The van der Waals surface area contributed by atoms with Gasteiger partial charge in [-0.25, -0.2) is 0 Å². The second-order valence-corrected chi connectivity index (χ2v) is 4.03. The van der Waals surface area contributed by atoms with Crippen molar-refractivity contribution >= 4 is 0 Å². The SMILES string of the molecule is CC.CC.CC1CCN(C2CNC2)CC1. The van der Waals surface area contributed by atoms with Crippen LogP contribution in [0.3, 0.4) is 0 Å². The van der Waals surface area contributed by atoms with Crippen LogP contribution in [-0.4, -0.2) is 37.1 Å². The summed E-state index contributed by atoms with van der Waals surface area (Å²) in [5.74, 6) is 0.972. The molecular weight excluding hydrogens is 184 g/mol. The van der Waals surface area contributed by atoms with E-state index in [2.05, 4.69) is 17.1 Å². The van der Waals surface area contributed by atoms with Crippen LogP contribution in [0, 0.1) is 5.92 Å². The first-order valence-corrected chi connectivity index (χ1v) is 6.81. The summed E-state index contributed by atoms with van der Waals surface area (Å²) < 4.78 is 0. The maximum absolute atomic E-state index is 3.33. The molecular formula is C13H30N2. The molecule has 2 fully saturated rings. The van der Waals surface area contributed by atoms with Gasteiger partial charge in [0, 0.05) is 19.1 Å². The van der Waals surface area contributed by atoms with E-state index in [1.54, 1.807) is 0 Å². The molecule has 0 atom stereocenters. The van der Waals surface area contributed by atoms with E-state index in [-0.39, 0.29) is 0 Å². The third kappa shape index (κ3) is 4.98. The molecule has 0 spiro atoms. The van der Waals surface area contributed by atoms with Gasteiger partial charge in [-0.2, -0.15) is 0 Å². The van der Waals surface area contributed by atoms with Crippen LogP contribution in [0.5, 0.6) is 0 Å². The van der Waals surface area contributed by atoms with Crippen molar-refractivity contribution in [2.45, 2.75) is 53.5 Å². The van der Waals surface area contributed by atoms with Gasteiger partial charge in [0.15, 0.2) is 0 Å². The molecule has 0 radical (unpaired) electrons. The number of piperidine rings is 1. The smallest absolute Gasteiger partial charge is 0.0345 e. The van der Waals surface area contributed by atoms with Crippen molar-refractivity contribution in [1.82, 2.24) is 10.2 Å². The van der Waals surface area contributed by atoms with E-state index >= 15 is 0 Å². The highest BCUT2D eigenvalue weighted by molar-refractivity contribution is 4.86. The molecule has 15 heavy (non-hydrogen) atoms. The molecule has 0 aromatic carbocycles. The average molecular weight is 214 g/mol. The molecule has 0 bridgehead atoms. The predicted octanol–water partition coefficient (Wildman–Crippen LogP) is 2.74. The fraction of sp³-hybridized carbons (Fsp3) is 1.00. The van der Waals surface area contributed by atoms with Gasteiger partial charge in [0.25, 0.3) is 0 Å². The van der Waals surface area contributed by atoms with Gasteiger partial charge in [0.2, 0.25) is 0 Å². The number of rotatable bonds is 1. The molecule has 2 nitrogen and oxygen atoms in total. The molecule has 0 aromatic heterocycles. The minimum atomic E-state index is 0.877. The molecule has 2 aliphatic rings. The number of nitrogens with one attached hydrogen (secondary N) is 1. The topological polar surface area (TPSA) is 15.3 Å². The van der Waals surface area contributed by atoms with Gasteiger partial charge in [-0.3, -0.25) is 4.90 Å². The highest BCUT2D eigenvalue weighted by atomic mass is 15.2. The Morgan fingerprint density at radius 3 is 1.73 bits per heavy atom. The van der Waals surface area contributed by atoms with E-state index in [4.69, 9.17) is 0 Å². The van der Waals surface area contributed by atoms with Gasteiger partial charge >= 0.3 is 0 Å². The predicted molar refractivity (Wildman–Crippen MR) is 69.3 cm³/mol. The second kappa shape index (κ2) is 9.17. The zero-order valence-corrected chi connectivity index (χ0v) is 11.3. The largest absolute Gasteiger partial charge is 0.314 e. The maximum Gasteiger partial charge on any atom is 0.0345 e. The standard InChI is InChI=1S/C9H18N2.2C2H6/c1-8-2-4-11(5-3-8)9-6-10-7-9;2*1-2/h8-10H,2-7H2,1H3;2*1-2H3. The van der Waals surface area contributed by atoms with E-state index in [9.17, 15) is 0 Å². The first kappa shape index (κ1) is 14.9. The fourth-order valence-electron chi connectivity index (χ4n) is 1.93.